The molecule has 0 saturated carbocycles. The number of fused-ring (bicyclic) bond motifs is 1. The summed E-state index contributed by atoms with van der Waals surface area (Å²) in [6, 6.07) is 0.861. The number of nitrogens with zero attached hydrogens (tertiary/aromatic N) is 5. The zero-order valence-corrected chi connectivity index (χ0v) is 18.2. The highest BCUT2D eigenvalue weighted by atomic mass is 32.2. The van der Waals surface area contributed by atoms with Crippen molar-refractivity contribution in [3.05, 3.63) is 29.9 Å². The van der Waals surface area contributed by atoms with Gasteiger partial charge in [-0.25, -0.2) is 23.4 Å². The Hall–Kier alpha value is -2.69. The van der Waals surface area contributed by atoms with E-state index in [-0.39, 0.29) is 27.8 Å². The lowest BCUT2D eigenvalue weighted by Crippen LogP contribution is -2.12. The number of alkyl halides is 3. The molecule has 0 amide bonds. The van der Waals surface area contributed by atoms with Gasteiger partial charge in [-0.05, 0) is 37.3 Å². The molecule has 3 aromatic heterocycles. The molecule has 166 valence electrons. The Bertz CT molecular complexity index is 1300. The summed E-state index contributed by atoms with van der Waals surface area (Å²) in [5.41, 5.74) is 0.473. The van der Waals surface area contributed by atoms with Crippen LogP contribution in [0.2, 0.25) is 0 Å². The van der Waals surface area contributed by atoms with Gasteiger partial charge in [0, 0.05) is 14.1 Å². The summed E-state index contributed by atoms with van der Waals surface area (Å²) in [4.78, 5) is 12.5. The van der Waals surface area contributed by atoms with Crippen molar-refractivity contribution in [2.45, 2.75) is 43.8 Å². The second-order valence-corrected chi connectivity index (χ2v) is 9.77. The van der Waals surface area contributed by atoms with Gasteiger partial charge in [0.1, 0.15) is 17.2 Å². The van der Waals surface area contributed by atoms with E-state index >= 15 is 0 Å². The molecule has 0 spiro atoms. The Morgan fingerprint density at radius 2 is 1.84 bits per heavy atom. The number of halogens is 3. The van der Waals surface area contributed by atoms with Crippen LogP contribution < -0.4 is 0 Å². The van der Waals surface area contributed by atoms with E-state index in [4.69, 9.17) is 0 Å². The van der Waals surface area contributed by atoms with Gasteiger partial charge in [0.25, 0.3) is 0 Å². The molecule has 1 aliphatic rings. The fourth-order valence-corrected chi connectivity index (χ4v) is 5.11. The zero-order valence-electron chi connectivity index (χ0n) is 17.4. The Balaban J connectivity index is 1.98. The molecule has 0 fully saturated rings. The fourth-order valence-electron chi connectivity index (χ4n) is 3.91. The maximum absolute atomic E-state index is 13.1. The summed E-state index contributed by atoms with van der Waals surface area (Å²) >= 11 is 0. The lowest BCUT2D eigenvalue weighted by atomic mass is 9.99. The van der Waals surface area contributed by atoms with E-state index in [1.54, 1.807) is 25.6 Å². The van der Waals surface area contributed by atoms with Gasteiger partial charge < -0.3 is 9.13 Å². The highest BCUT2D eigenvalue weighted by molar-refractivity contribution is 7.91. The van der Waals surface area contributed by atoms with Crippen molar-refractivity contribution in [3.63, 3.8) is 0 Å². The maximum atomic E-state index is 13.1. The van der Waals surface area contributed by atoms with Crippen LogP contribution in [0.15, 0.2) is 23.4 Å². The first-order chi connectivity index (χ1) is 14.5. The topological polar surface area (TPSA) is 82.7 Å². The lowest BCUT2D eigenvalue weighted by molar-refractivity contribution is -0.141. The Labute approximate surface area is 177 Å². The Morgan fingerprint density at radius 1 is 1.10 bits per heavy atom. The fraction of sp³-hybridized carbons (Fsp3) is 0.450. The highest BCUT2D eigenvalue weighted by Gasteiger charge is 2.34. The van der Waals surface area contributed by atoms with Crippen molar-refractivity contribution in [2.75, 3.05) is 5.75 Å². The molecule has 1 aliphatic carbocycles. The van der Waals surface area contributed by atoms with Crippen molar-refractivity contribution in [1.29, 1.82) is 0 Å². The number of sulfone groups is 1. The van der Waals surface area contributed by atoms with E-state index in [2.05, 4.69) is 21.0 Å². The summed E-state index contributed by atoms with van der Waals surface area (Å²) in [6.45, 7) is 1.54. The van der Waals surface area contributed by atoms with Gasteiger partial charge in [-0.2, -0.15) is 13.2 Å². The normalized spacial score (nSPS) is 15.5. The van der Waals surface area contributed by atoms with Crippen molar-refractivity contribution in [3.8, 4) is 11.5 Å². The van der Waals surface area contributed by atoms with Crippen molar-refractivity contribution < 1.29 is 21.6 Å². The van der Waals surface area contributed by atoms with Gasteiger partial charge >= 0.3 is 6.18 Å². The largest absolute Gasteiger partial charge is 0.433 e. The van der Waals surface area contributed by atoms with E-state index < -0.39 is 21.7 Å². The third kappa shape index (κ3) is 3.64. The van der Waals surface area contributed by atoms with E-state index in [0.717, 1.165) is 43.5 Å². The van der Waals surface area contributed by atoms with E-state index in [1.807, 2.05) is 0 Å². The second-order valence-electron chi connectivity index (χ2n) is 7.58. The van der Waals surface area contributed by atoms with Crippen LogP contribution in [0.5, 0.6) is 0 Å². The van der Waals surface area contributed by atoms with Gasteiger partial charge in [0.05, 0.1) is 23.0 Å². The molecule has 11 heteroatoms. The van der Waals surface area contributed by atoms with Crippen molar-refractivity contribution in [2.24, 2.45) is 14.1 Å². The minimum Gasteiger partial charge on any atom is -0.324 e. The molecule has 0 aromatic carbocycles. The molecule has 0 unspecified atom stereocenters. The van der Waals surface area contributed by atoms with Crippen molar-refractivity contribution in [1.82, 2.24) is 24.1 Å². The van der Waals surface area contributed by atoms with E-state index in [9.17, 15) is 21.6 Å². The number of imidazole rings is 2. The van der Waals surface area contributed by atoms with E-state index in [0.29, 0.717) is 11.3 Å². The molecule has 31 heavy (non-hydrogen) atoms. The van der Waals surface area contributed by atoms with Crippen LogP contribution in [0, 0.1) is 0 Å². The number of aromatic nitrogens is 5. The minimum atomic E-state index is -4.60. The van der Waals surface area contributed by atoms with Gasteiger partial charge in [-0.1, -0.05) is 13.0 Å². The molecule has 7 nitrogen and oxygen atoms in total. The molecule has 0 N–H and O–H groups in total. The minimum absolute atomic E-state index is 0.0129. The number of hydrogen-bond donors (Lipinski definition) is 0. The molecule has 0 saturated heterocycles. The molecular formula is C20H22F3N5O2S. The zero-order chi connectivity index (χ0) is 22.6. The molecule has 0 radical (unpaired) electrons. The predicted molar refractivity (Wildman–Crippen MR) is 110 cm³/mol. The summed E-state index contributed by atoms with van der Waals surface area (Å²) < 4.78 is 68.2. The summed E-state index contributed by atoms with van der Waals surface area (Å²) in [6.07, 6.45) is 2.29. The van der Waals surface area contributed by atoms with Gasteiger partial charge in [-0.15, -0.1) is 0 Å². The number of aryl methyl sites for hydroxylation is 1. The molecule has 3 aromatic rings. The van der Waals surface area contributed by atoms with Crippen LogP contribution >= 0.6 is 0 Å². The quantitative estimate of drug-likeness (QED) is 0.593. The second kappa shape index (κ2) is 7.47. The smallest absolute Gasteiger partial charge is 0.324 e. The van der Waals surface area contributed by atoms with Gasteiger partial charge in [-0.3, -0.25) is 0 Å². The predicted octanol–water partition coefficient (Wildman–Crippen LogP) is 4.14. The average molecular weight is 453 g/mol. The lowest BCUT2D eigenvalue weighted by Gasteiger charge is -2.13. The average Bonchev–Trinajstić information content (AvgIpc) is 3.25. The highest BCUT2D eigenvalue weighted by Crippen LogP contribution is 2.35. The molecule has 4 rings (SSSR count). The van der Waals surface area contributed by atoms with Gasteiger partial charge in [0.2, 0.25) is 0 Å². The molecule has 0 aliphatic heterocycles. The van der Waals surface area contributed by atoms with Crippen LogP contribution in [0.4, 0.5) is 13.2 Å². The van der Waals surface area contributed by atoms with E-state index in [1.165, 1.54) is 4.57 Å². The number of hydrogen-bond acceptors (Lipinski definition) is 5. The monoisotopic (exact) mass is 453 g/mol. The van der Waals surface area contributed by atoms with Gasteiger partial charge in [0.15, 0.2) is 20.7 Å². The molecule has 0 atom stereocenters. The molecular weight excluding hydrogens is 431 g/mol. The first-order valence-electron chi connectivity index (χ1n) is 9.93. The van der Waals surface area contributed by atoms with Crippen LogP contribution in [0.3, 0.4) is 0 Å². The Morgan fingerprint density at radius 3 is 2.45 bits per heavy atom. The molecule has 3 heterocycles. The van der Waals surface area contributed by atoms with Crippen LogP contribution in [0.1, 0.15) is 44.1 Å². The molecule has 0 bridgehead atoms. The maximum Gasteiger partial charge on any atom is 0.433 e. The van der Waals surface area contributed by atoms with Crippen LogP contribution in [-0.4, -0.2) is 38.3 Å². The van der Waals surface area contributed by atoms with Crippen LogP contribution in [0.25, 0.3) is 28.1 Å². The third-order valence-corrected chi connectivity index (χ3v) is 7.38. The number of rotatable bonds is 4. The summed E-state index contributed by atoms with van der Waals surface area (Å²) in [5.74, 6) is 0.589. The summed E-state index contributed by atoms with van der Waals surface area (Å²) in [5, 5.41) is 0.0129. The van der Waals surface area contributed by atoms with Crippen LogP contribution in [-0.2, 0) is 30.1 Å². The first-order valence-corrected chi connectivity index (χ1v) is 11.6. The number of pyridine rings is 1. The standard InChI is InChI=1S/C20H22F3N5O2S/c1-4-31(29,30)19-16(26-17(28(19)3)12-8-6-5-7-9-12)18-25-13-10-15(20(21,22)23)24-11-14(13)27(18)2/h8,10-11H,4-7,9H2,1-3H3. The number of allylic oxidation sites excluding steroid dienone is 2. The SMILES string of the molecule is CCS(=O)(=O)c1c(-c2nc3cc(C(F)(F)F)ncc3n2C)nc(C2=CCCCC2)n1C. The summed E-state index contributed by atoms with van der Waals surface area (Å²) in [7, 11) is -0.431. The van der Waals surface area contributed by atoms with Crippen molar-refractivity contribution >= 4 is 26.4 Å². The first kappa shape index (κ1) is 21.5. The third-order valence-electron chi connectivity index (χ3n) is 5.56. The Kier molecular flexibility index (Phi) is 5.19.